The van der Waals surface area contributed by atoms with Crippen molar-refractivity contribution in [1.82, 2.24) is 4.90 Å². The van der Waals surface area contributed by atoms with Gasteiger partial charge in [-0.3, -0.25) is 4.79 Å². The monoisotopic (exact) mass is 329 g/mol. The molecule has 1 fully saturated rings. The summed E-state index contributed by atoms with van der Waals surface area (Å²) < 4.78 is 1.11. The quantitative estimate of drug-likeness (QED) is 0.799. The van der Waals surface area contributed by atoms with Crippen molar-refractivity contribution in [3.8, 4) is 0 Å². The number of nitrogens with zero attached hydrogens (tertiary/aromatic N) is 1. The summed E-state index contributed by atoms with van der Waals surface area (Å²) in [6.45, 7) is 2.88. The molecule has 1 amide bonds. The molecule has 18 heavy (non-hydrogen) atoms. The fourth-order valence-corrected chi connectivity index (χ4v) is 4.42. The first-order chi connectivity index (χ1) is 8.57. The molecule has 0 N–H and O–H groups in total. The van der Waals surface area contributed by atoms with E-state index >= 15 is 0 Å². The van der Waals surface area contributed by atoms with Crippen molar-refractivity contribution < 1.29 is 4.79 Å². The lowest BCUT2D eigenvalue weighted by molar-refractivity contribution is -0.141. The molecular weight excluding hydrogens is 310 g/mol. The lowest BCUT2D eigenvalue weighted by Crippen LogP contribution is -2.39. The summed E-state index contributed by atoms with van der Waals surface area (Å²) in [6, 6.07) is 2.10. The summed E-state index contributed by atoms with van der Waals surface area (Å²) in [6.07, 6.45) is 5.53. The molecule has 0 aromatic carbocycles. The summed E-state index contributed by atoms with van der Waals surface area (Å²) in [4.78, 5) is 15.8. The first-order valence-corrected chi connectivity index (χ1v) is 8.23. The molecule has 0 spiro atoms. The van der Waals surface area contributed by atoms with Gasteiger partial charge in [-0.25, -0.2) is 0 Å². The highest BCUT2D eigenvalue weighted by molar-refractivity contribution is 9.10. The molecule has 1 saturated carbocycles. The van der Waals surface area contributed by atoms with E-state index in [-0.39, 0.29) is 5.41 Å². The van der Waals surface area contributed by atoms with Crippen LogP contribution in [0.5, 0.6) is 0 Å². The molecule has 0 atom stereocenters. The van der Waals surface area contributed by atoms with Crippen molar-refractivity contribution in [2.75, 3.05) is 7.05 Å². The van der Waals surface area contributed by atoms with Crippen LogP contribution < -0.4 is 0 Å². The second-order valence-electron chi connectivity index (χ2n) is 5.23. The van der Waals surface area contributed by atoms with Crippen molar-refractivity contribution in [2.45, 2.75) is 45.6 Å². The third-order valence-electron chi connectivity index (χ3n) is 4.05. The Labute approximate surface area is 122 Å². The maximum Gasteiger partial charge on any atom is 0.228 e. The topological polar surface area (TPSA) is 20.3 Å². The van der Waals surface area contributed by atoms with Crippen molar-refractivity contribution in [2.24, 2.45) is 5.41 Å². The molecule has 1 aromatic heterocycles. The van der Waals surface area contributed by atoms with Crippen LogP contribution in [0.15, 0.2) is 15.9 Å². The standard InChI is InChI=1S/C14H20BrNOS/c1-3-14(6-4-5-7-14)13(17)16(2)9-12-8-11(15)10-18-12/h8,10H,3-7,9H2,1-2H3. The first kappa shape index (κ1) is 14.1. The molecule has 1 aliphatic rings. The van der Waals surface area contributed by atoms with Gasteiger partial charge in [-0.05, 0) is 41.3 Å². The second-order valence-corrected chi connectivity index (χ2v) is 7.14. The van der Waals surface area contributed by atoms with Crippen LogP contribution in [-0.2, 0) is 11.3 Å². The van der Waals surface area contributed by atoms with Crippen molar-refractivity contribution in [3.63, 3.8) is 0 Å². The molecule has 1 heterocycles. The maximum atomic E-state index is 12.6. The Morgan fingerprint density at radius 1 is 1.50 bits per heavy atom. The third-order valence-corrected chi connectivity index (χ3v) is 5.73. The SMILES string of the molecule is CCC1(C(=O)N(C)Cc2cc(Br)cs2)CCCC1. The van der Waals surface area contributed by atoms with Gasteiger partial charge >= 0.3 is 0 Å². The van der Waals surface area contributed by atoms with E-state index in [0.29, 0.717) is 5.91 Å². The highest BCUT2D eigenvalue weighted by atomic mass is 79.9. The van der Waals surface area contributed by atoms with Gasteiger partial charge in [0.25, 0.3) is 0 Å². The van der Waals surface area contributed by atoms with Gasteiger partial charge in [0.1, 0.15) is 0 Å². The van der Waals surface area contributed by atoms with E-state index in [1.165, 1.54) is 17.7 Å². The highest BCUT2D eigenvalue weighted by Gasteiger charge is 2.40. The van der Waals surface area contributed by atoms with E-state index in [2.05, 4.69) is 34.3 Å². The van der Waals surface area contributed by atoms with Crippen molar-refractivity contribution >= 4 is 33.2 Å². The summed E-state index contributed by atoms with van der Waals surface area (Å²) in [5, 5.41) is 2.07. The van der Waals surface area contributed by atoms with Crippen molar-refractivity contribution in [3.05, 3.63) is 20.8 Å². The van der Waals surface area contributed by atoms with Crippen LogP contribution in [0, 0.1) is 5.41 Å². The minimum Gasteiger partial charge on any atom is -0.340 e. The number of rotatable bonds is 4. The van der Waals surface area contributed by atoms with E-state index in [1.807, 2.05) is 11.9 Å². The fraction of sp³-hybridized carbons (Fsp3) is 0.643. The number of carbonyl (C=O) groups excluding carboxylic acids is 1. The summed E-state index contributed by atoms with van der Waals surface area (Å²) in [7, 11) is 1.94. The average molecular weight is 330 g/mol. The maximum absolute atomic E-state index is 12.6. The number of hydrogen-bond acceptors (Lipinski definition) is 2. The average Bonchev–Trinajstić information content (AvgIpc) is 2.98. The summed E-state index contributed by atoms with van der Waals surface area (Å²) >= 11 is 5.16. The van der Waals surface area contributed by atoms with E-state index in [1.54, 1.807) is 11.3 Å². The lowest BCUT2D eigenvalue weighted by atomic mass is 9.82. The molecular formula is C14H20BrNOS. The van der Waals surface area contributed by atoms with Gasteiger partial charge in [-0.2, -0.15) is 0 Å². The van der Waals surface area contributed by atoms with Gasteiger partial charge in [-0.1, -0.05) is 19.8 Å². The summed E-state index contributed by atoms with van der Waals surface area (Å²) in [5.41, 5.74) is -0.0662. The minimum atomic E-state index is -0.0662. The van der Waals surface area contributed by atoms with Gasteiger partial charge in [0.05, 0.1) is 6.54 Å². The molecule has 1 aliphatic carbocycles. The van der Waals surface area contributed by atoms with Gasteiger partial charge in [-0.15, -0.1) is 11.3 Å². The molecule has 100 valence electrons. The van der Waals surface area contributed by atoms with Crippen LogP contribution in [0.1, 0.15) is 43.9 Å². The largest absolute Gasteiger partial charge is 0.340 e. The van der Waals surface area contributed by atoms with E-state index in [9.17, 15) is 4.79 Å². The fourth-order valence-electron chi connectivity index (χ4n) is 2.92. The Bertz CT molecular complexity index is 423. The molecule has 0 aliphatic heterocycles. The number of carbonyl (C=O) groups is 1. The molecule has 0 unspecified atom stereocenters. The Morgan fingerprint density at radius 2 is 2.17 bits per heavy atom. The third kappa shape index (κ3) is 2.80. The van der Waals surface area contributed by atoms with E-state index in [4.69, 9.17) is 0 Å². The van der Waals surface area contributed by atoms with E-state index < -0.39 is 0 Å². The van der Waals surface area contributed by atoms with E-state index in [0.717, 1.165) is 30.3 Å². The first-order valence-electron chi connectivity index (χ1n) is 6.56. The molecule has 0 bridgehead atoms. The van der Waals surface area contributed by atoms with Crippen LogP contribution in [0.3, 0.4) is 0 Å². The Hall–Kier alpha value is -0.350. The van der Waals surface area contributed by atoms with Gasteiger partial charge in [0.2, 0.25) is 5.91 Å². The van der Waals surface area contributed by atoms with Crippen LogP contribution in [-0.4, -0.2) is 17.9 Å². The molecule has 2 rings (SSSR count). The zero-order valence-electron chi connectivity index (χ0n) is 11.0. The van der Waals surface area contributed by atoms with Crippen LogP contribution >= 0.6 is 27.3 Å². The smallest absolute Gasteiger partial charge is 0.228 e. The second kappa shape index (κ2) is 5.74. The molecule has 0 saturated heterocycles. The Balaban J connectivity index is 2.04. The van der Waals surface area contributed by atoms with Crippen LogP contribution in [0.4, 0.5) is 0 Å². The number of amides is 1. The molecule has 4 heteroatoms. The molecule has 2 nitrogen and oxygen atoms in total. The predicted molar refractivity (Wildman–Crippen MR) is 79.7 cm³/mol. The summed E-state index contributed by atoms with van der Waals surface area (Å²) in [5.74, 6) is 0.340. The Morgan fingerprint density at radius 3 is 2.67 bits per heavy atom. The van der Waals surface area contributed by atoms with Gasteiger partial charge < -0.3 is 4.90 Å². The predicted octanol–water partition coefficient (Wildman–Crippen LogP) is 4.44. The molecule has 1 aromatic rings. The number of thiophene rings is 1. The van der Waals surface area contributed by atoms with Gasteiger partial charge in [0, 0.05) is 27.2 Å². The Kier molecular flexibility index (Phi) is 4.49. The number of halogens is 1. The number of hydrogen-bond donors (Lipinski definition) is 0. The van der Waals surface area contributed by atoms with Crippen molar-refractivity contribution in [1.29, 1.82) is 0 Å². The van der Waals surface area contributed by atoms with Crippen LogP contribution in [0.25, 0.3) is 0 Å². The highest BCUT2D eigenvalue weighted by Crippen LogP contribution is 2.42. The van der Waals surface area contributed by atoms with Crippen LogP contribution in [0.2, 0.25) is 0 Å². The normalized spacial score (nSPS) is 17.9. The van der Waals surface area contributed by atoms with Gasteiger partial charge in [0.15, 0.2) is 0 Å². The zero-order valence-corrected chi connectivity index (χ0v) is 13.4. The molecule has 0 radical (unpaired) electrons. The zero-order chi connectivity index (χ0) is 13.2. The minimum absolute atomic E-state index is 0.0662. The lowest BCUT2D eigenvalue weighted by Gasteiger charge is -2.31.